The van der Waals surface area contributed by atoms with E-state index in [1.807, 2.05) is 13.1 Å². The van der Waals surface area contributed by atoms with Gasteiger partial charge in [-0.25, -0.2) is 0 Å². The van der Waals surface area contributed by atoms with Crippen molar-refractivity contribution in [3.63, 3.8) is 0 Å². The fourth-order valence-corrected chi connectivity index (χ4v) is 3.44. The molecule has 6 heteroatoms. The van der Waals surface area contributed by atoms with Gasteiger partial charge in [0.1, 0.15) is 0 Å². The van der Waals surface area contributed by atoms with Gasteiger partial charge in [0.05, 0.1) is 12.1 Å². The first-order valence-corrected chi connectivity index (χ1v) is 8.82. The van der Waals surface area contributed by atoms with Gasteiger partial charge in [-0.1, -0.05) is 18.2 Å². The van der Waals surface area contributed by atoms with Crippen molar-refractivity contribution in [2.45, 2.75) is 18.6 Å². The lowest BCUT2D eigenvalue weighted by Crippen LogP contribution is -2.50. The van der Waals surface area contributed by atoms with Gasteiger partial charge in [-0.15, -0.1) is 0 Å². The lowest BCUT2D eigenvalue weighted by atomic mass is 10.2. The van der Waals surface area contributed by atoms with E-state index in [-0.39, 0.29) is 11.9 Å². The summed E-state index contributed by atoms with van der Waals surface area (Å²) in [5.41, 5.74) is 1.29. The SMILES string of the molecule is CN(CCN1CCN(c2ccccc2)CC1)C(=O)C1CC(O)CN1. The highest BCUT2D eigenvalue weighted by molar-refractivity contribution is 5.82. The van der Waals surface area contributed by atoms with Crippen molar-refractivity contribution < 1.29 is 9.90 Å². The van der Waals surface area contributed by atoms with E-state index < -0.39 is 6.10 Å². The van der Waals surface area contributed by atoms with Crippen LogP contribution < -0.4 is 10.2 Å². The van der Waals surface area contributed by atoms with E-state index in [1.54, 1.807) is 4.90 Å². The van der Waals surface area contributed by atoms with Crippen LogP contribution in [-0.4, -0.2) is 85.8 Å². The molecule has 2 atom stereocenters. The highest BCUT2D eigenvalue weighted by Crippen LogP contribution is 2.15. The number of nitrogens with one attached hydrogen (secondary N) is 1. The van der Waals surface area contributed by atoms with E-state index >= 15 is 0 Å². The zero-order valence-electron chi connectivity index (χ0n) is 14.4. The monoisotopic (exact) mass is 332 g/mol. The van der Waals surface area contributed by atoms with Crippen LogP contribution in [0.4, 0.5) is 5.69 Å². The molecule has 0 aliphatic carbocycles. The Morgan fingerprint density at radius 1 is 1.25 bits per heavy atom. The molecule has 0 aromatic heterocycles. The Hall–Kier alpha value is -1.63. The summed E-state index contributed by atoms with van der Waals surface area (Å²) in [7, 11) is 1.86. The molecule has 0 radical (unpaired) electrons. The molecular weight excluding hydrogens is 304 g/mol. The molecule has 0 bridgehead atoms. The maximum Gasteiger partial charge on any atom is 0.239 e. The third-order valence-electron chi connectivity index (χ3n) is 5.03. The van der Waals surface area contributed by atoms with E-state index in [9.17, 15) is 9.90 Å². The Bertz CT molecular complexity index is 531. The predicted molar refractivity (Wildman–Crippen MR) is 95.1 cm³/mol. The fourth-order valence-electron chi connectivity index (χ4n) is 3.44. The number of anilines is 1. The van der Waals surface area contributed by atoms with E-state index in [1.165, 1.54) is 5.69 Å². The van der Waals surface area contributed by atoms with Gasteiger partial charge in [0.25, 0.3) is 0 Å². The first kappa shape index (κ1) is 17.2. The molecule has 2 fully saturated rings. The summed E-state index contributed by atoms with van der Waals surface area (Å²) in [5, 5.41) is 12.6. The van der Waals surface area contributed by atoms with Crippen molar-refractivity contribution in [2.75, 3.05) is 57.8 Å². The number of para-hydroxylation sites is 1. The molecule has 2 unspecified atom stereocenters. The highest BCUT2D eigenvalue weighted by atomic mass is 16.3. The van der Waals surface area contributed by atoms with Crippen LogP contribution in [0.15, 0.2) is 30.3 Å². The fraction of sp³-hybridized carbons (Fsp3) is 0.611. The lowest BCUT2D eigenvalue weighted by molar-refractivity contribution is -0.132. The highest BCUT2D eigenvalue weighted by Gasteiger charge is 2.30. The van der Waals surface area contributed by atoms with Crippen molar-refractivity contribution in [3.05, 3.63) is 30.3 Å². The number of carbonyl (C=O) groups is 1. The number of amides is 1. The Morgan fingerprint density at radius 3 is 2.58 bits per heavy atom. The molecule has 2 aliphatic rings. The summed E-state index contributed by atoms with van der Waals surface area (Å²) in [6.07, 6.45) is 0.136. The summed E-state index contributed by atoms with van der Waals surface area (Å²) >= 11 is 0. The first-order chi connectivity index (χ1) is 11.6. The molecule has 1 amide bonds. The number of likely N-dealkylation sites (N-methyl/N-ethyl adjacent to an activating group) is 1. The van der Waals surface area contributed by atoms with Crippen LogP contribution in [0.25, 0.3) is 0 Å². The Morgan fingerprint density at radius 2 is 1.96 bits per heavy atom. The van der Waals surface area contributed by atoms with Crippen LogP contribution >= 0.6 is 0 Å². The number of rotatable bonds is 5. The average molecular weight is 332 g/mol. The second-order valence-corrected chi connectivity index (χ2v) is 6.77. The van der Waals surface area contributed by atoms with Crippen LogP contribution in [0.3, 0.4) is 0 Å². The zero-order chi connectivity index (χ0) is 16.9. The van der Waals surface area contributed by atoms with Gasteiger partial charge < -0.3 is 20.2 Å². The van der Waals surface area contributed by atoms with E-state index in [0.29, 0.717) is 13.0 Å². The van der Waals surface area contributed by atoms with Crippen molar-refractivity contribution in [1.29, 1.82) is 0 Å². The smallest absolute Gasteiger partial charge is 0.239 e. The van der Waals surface area contributed by atoms with Gasteiger partial charge in [-0.05, 0) is 18.6 Å². The number of nitrogens with zero attached hydrogens (tertiary/aromatic N) is 3. The molecule has 2 aliphatic heterocycles. The summed E-state index contributed by atoms with van der Waals surface area (Å²) in [4.78, 5) is 18.9. The Labute approximate surface area is 144 Å². The first-order valence-electron chi connectivity index (χ1n) is 8.82. The normalized spacial score (nSPS) is 25.0. The second-order valence-electron chi connectivity index (χ2n) is 6.77. The van der Waals surface area contributed by atoms with Gasteiger partial charge >= 0.3 is 0 Å². The number of benzene rings is 1. The van der Waals surface area contributed by atoms with E-state index in [4.69, 9.17) is 0 Å². The van der Waals surface area contributed by atoms with Crippen LogP contribution in [-0.2, 0) is 4.79 Å². The summed E-state index contributed by atoms with van der Waals surface area (Å²) in [5.74, 6) is 0.0921. The average Bonchev–Trinajstić information content (AvgIpc) is 3.06. The molecule has 0 saturated carbocycles. The maximum atomic E-state index is 12.3. The van der Waals surface area contributed by atoms with Gasteiger partial charge in [0.15, 0.2) is 0 Å². The van der Waals surface area contributed by atoms with Crippen LogP contribution in [0, 0.1) is 0 Å². The van der Waals surface area contributed by atoms with E-state index in [0.717, 1.165) is 39.3 Å². The van der Waals surface area contributed by atoms with Gasteiger partial charge in [-0.3, -0.25) is 9.69 Å². The van der Waals surface area contributed by atoms with Crippen LogP contribution in [0.1, 0.15) is 6.42 Å². The molecule has 2 heterocycles. The molecule has 1 aromatic carbocycles. The number of β-amino-alcohol motifs (C(OH)–C–C–N with tert-alkyl or cyclic N) is 1. The summed E-state index contributed by atoms with van der Waals surface area (Å²) < 4.78 is 0. The molecule has 0 spiro atoms. The third-order valence-corrected chi connectivity index (χ3v) is 5.03. The van der Waals surface area contributed by atoms with Crippen LogP contribution in [0.2, 0.25) is 0 Å². The van der Waals surface area contributed by atoms with Crippen LogP contribution in [0.5, 0.6) is 0 Å². The lowest BCUT2D eigenvalue weighted by Gasteiger charge is -2.36. The topological polar surface area (TPSA) is 59.0 Å². The molecule has 6 nitrogen and oxygen atoms in total. The largest absolute Gasteiger partial charge is 0.392 e. The van der Waals surface area contributed by atoms with E-state index in [2.05, 4.69) is 39.4 Å². The van der Waals surface area contributed by atoms with Gasteiger partial charge in [0.2, 0.25) is 5.91 Å². The van der Waals surface area contributed by atoms with Crippen molar-refractivity contribution in [2.24, 2.45) is 0 Å². The number of hydrogen-bond donors (Lipinski definition) is 2. The molecular formula is C18H28N4O2. The zero-order valence-corrected chi connectivity index (χ0v) is 14.4. The molecule has 24 heavy (non-hydrogen) atoms. The number of aliphatic hydroxyl groups excluding tert-OH is 1. The van der Waals surface area contributed by atoms with Gasteiger partial charge in [0, 0.05) is 58.5 Å². The minimum absolute atomic E-state index is 0.0921. The molecule has 3 rings (SSSR count). The maximum absolute atomic E-state index is 12.3. The third kappa shape index (κ3) is 4.26. The number of piperazine rings is 1. The molecule has 1 aromatic rings. The summed E-state index contributed by atoms with van der Waals surface area (Å²) in [6.45, 7) is 6.26. The van der Waals surface area contributed by atoms with Crippen molar-refractivity contribution in [1.82, 2.24) is 15.1 Å². The number of hydrogen-bond acceptors (Lipinski definition) is 5. The standard InChI is InChI=1S/C18H28N4O2/c1-20(18(24)17-13-16(23)14-19-17)7-8-21-9-11-22(12-10-21)15-5-3-2-4-6-15/h2-6,16-17,19,23H,7-14H2,1H3. The molecule has 132 valence electrons. The second kappa shape index (κ2) is 7.96. The predicted octanol–water partition coefficient (Wildman–Crippen LogP) is -0.0102. The summed E-state index contributed by atoms with van der Waals surface area (Å²) in [6, 6.07) is 10.3. The quantitative estimate of drug-likeness (QED) is 0.794. The number of aliphatic hydroxyl groups is 1. The van der Waals surface area contributed by atoms with Gasteiger partial charge in [-0.2, -0.15) is 0 Å². The number of carbonyl (C=O) groups excluding carboxylic acids is 1. The Kier molecular flexibility index (Phi) is 5.71. The van der Waals surface area contributed by atoms with Crippen molar-refractivity contribution >= 4 is 11.6 Å². The van der Waals surface area contributed by atoms with Crippen molar-refractivity contribution in [3.8, 4) is 0 Å². The molecule has 2 N–H and O–H groups in total. The minimum atomic E-state index is -0.390. The Balaban J connectivity index is 1.39. The minimum Gasteiger partial charge on any atom is -0.392 e. The molecule has 2 saturated heterocycles.